The molecule has 0 amide bonds. The van der Waals surface area contributed by atoms with Crippen molar-refractivity contribution in [3.63, 3.8) is 0 Å². The number of methoxy groups -OCH3 is 1. The van der Waals surface area contributed by atoms with E-state index in [2.05, 4.69) is 17.9 Å². The Balaban J connectivity index is -0.000000264. The van der Waals surface area contributed by atoms with Gasteiger partial charge in [0.15, 0.2) is 0 Å². The van der Waals surface area contributed by atoms with Gasteiger partial charge in [0.05, 0.1) is 7.11 Å². The van der Waals surface area contributed by atoms with Gasteiger partial charge < -0.3 is 14.9 Å². The van der Waals surface area contributed by atoms with Gasteiger partial charge in [0.2, 0.25) is 0 Å². The number of hydrogen-bond donors (Lipinski definition) is 2. The molecule has 6 heteroatoms. The molecular weight excluding hydrogens is 300 g/mol. The van der Waals surface area contributed by atoms with Crippen molar-refractivity contribution < 1.29 is 29.3 Å². The highest BCUT2D eigenvalue weighted by atomic mass is 16.5. The minimum absolute atomic E-state index is 0.317. The number of hydrogen-bond acceptors (Lipinski definition) is 4. The molecule has 0 atom stereocenters. The van der Waals surface area contributed by atoms with Gasteiger partial charge in [-0.1, -0.05) is 32.6 Å². The van der Waals surface area contributed by atoms with Crippen LogP contribution in [0.3, 0.4) is 0 Å². The van der Waals surface area contributed by atoms with E-state index in [4.69, 9.17) is 10.2 Å². The van der Waals surface area contributed by atoms with Crippen LogP contribution in [0.15, 0.2) is 36.0 Å². The van der Waals surface area contributed by atoms with E-state index < -0.39 is 11.9 Å². The minimum Gasteiger partial charge on any atom is -0.478 e. The first-order valence-electron chi connectivity index (χ1n) is 7.06. The van der Waals surface area contributed by atoms with Crippen LogP contribution in [0, 0.1) is 0 Å². The summed E-state index contributed by atoms with van der Waals surface area (Å²) in [6.45, 7) is 13.6. The van der Waals surface area contributed by atoms with E-state index in [0.29, 0.717) is 23.1 Å². The van der Waals surface area contributed by atoms with Crippen LogP contribution >= 0.6 is 0 Å². The first-order valence-corrected chi connectivity index (χ1v) is 7.06. The van der Waals surface area contributed by atoms with Crippen LogP contribution in [0.5, 0.6) is 0 Å². The molecule has 0 unspecified atom stereocenters. The summed E-state index contributed by atoms with van der Waals surface area (Å²) in [4.78, 5) is 30.2. The van der Waals surface area contributed by atoms with Crippen LogP contribution < -0.4 is 0 Å². The Hall–Kier alpha value is -2.37. The zero-order valence-electron chi connectivity index (χ0n) is 14.6. The third kappa shape index (κ3) is 19.6. The Morgan fingerprint density at radius 2 is 1.57 bits per heavy atom. The second kappa shape index (κ2) is 16.0. The molecule has 132 valence electrons. The summed E-state index contributed by atoms with van der Waals surface area (Å²) >= 11 is 0. The van der Waals surface area contributed by atoms with Gasteiger partial charge in [-0.25, -0.2) is 14.4 Å². The molecule has 0 aliphatic rings. The SMILES string of the molecule is C=C(C)C(=O)OC.C=C(CCCC)C(=O)O.CC=C(C)C(=O)O. The largest absolute Gasteiger partial charge is 0.478 e. The summed E-state index contributed by atoms with van der Waals surface area (Å²) in [7, 11) is 1.33. The van der Waals surface area contributed by atoms with Gasteiger partial charge in [-0.15, -0.1) is 0 Å². The zero-order chi connectivity index (χ0) is 19.0. The van der Waals surface area contributed by atoms with Gasteiger partial charge in [-0.3, -0.25) is 0 Å². The van der Waals surface area contributed by atoms with Gasteiger partial charge in [0.25, 0.3) is 0 Å². The summed E-state index contributed by atoms with van der Waals surface area (Å²) in [5, 5.41) is 16.4. The molecule has 0 radical (unpaired) electrons. The van der Waals surface area contributed by atoms with Crippen molar-refractivity contribution in [3.05, 3.63) is 36.0 Å². The molecule has 0 aromatic rings. The van der Waals surface area contributed by atoms with E-state index in [9.17, 15) is 14.4 Å². The lowest BCUT2D eigenvalue weighted by atomic mass is 10.1. The van der Waals surface area contributed by atoms with Gasteiger partial charge in [0.1, 0.15) is 0 Å². The maximum Gasteiger partial charge on any atom is 0.332 e. The number of rotatable bonds is 6. The predicted molar refractivity (Wildman–Crippen MR) is 90.2 cm³/mol. The first kappa shape index (κ1) is 25.6. The fourth-order valence-corrected chi connectivity index (χ4v) is 0.795. The third-order valence-corrected chi connectivity index (χ3v) is 2.44. The van der Waals surface area contributed by atoms with Crippen molar-refractivity contribution >= 4 is 17.9 Å². The molecule has 0 spiro atoms. The molecule has 0 aromatic heterocycles. The maximum absolute atomic E-state index is 10.2. The fraction of sp³-hybridized carbons (Fsp3) is 0.471. The van der Waals surface area contributed by atoms with Crippen LogP contribution in [0.25, 0.3) is 0 Å². The highest BCUT2D eigenvalue weighted by Gasteiger charge is 2.00. The predicted octanol–water partition coefficient (Wildman–Crippen LogP) is 3.59. The Morgan fingerprint density at radius 3 is 1.70 bits per heavy atom. The quantitative estimate of drug-likeness (QED) is 0.571. The number of carboxylic acids is 2. The number of allylic oxidation sites excluding steroid dienone is 1. The summed E-state index contributed by atoms with van der Waals surface area (Å²) in [6.07, 6.45) is 4.12. The topological polar surface area (TPSA) is 101 Å². The number of esters is 1. The molecule has 0 aromatic carbocycles. The van der Waals surface area contributed by atoms with Gasteiger partial charge >= 0.3 is 17.9 Å². The van der Waals surface area contributed by atoms with Crippen LogP contribution in [0.1, 0.15) is 47.0 Å². The lowest BCUT2D eigenvalue weighted by Gasteiger charge is -1.95. The van der Waals surface area contributed by atoms with Crippen molar-refractivity contribution in [2.75, 3.05) is 7.11 Å². The van der Waals surface area contributed by atoms with Crippen molar-refractivity contribution in [1.82, 2.24) is 0 Å². The molecule has 23 heavy (non-hydrogen) atoms. The lowest BCUT2D eigenvalue weighted by molar-refractivity contribution is -0.136. The smallest absolute Gasteiger partial charge is 0.332 e. The van der Waals surface area contributed by atoms with Crippen molar-refractivity contribution in [2.45, 2.75) is 47.0 Å². The molecule has 0 rings (SSSR count). The van der Waals surface area contributed by atoms with Gasteiger partial charge in [-0.05, 0) is 33.6 Å². The zero-order valence-corrected chi connectivity index (χ0v) is 14.6. The normalized spacial score (nSPS) is 9.35. The number of aliphatic carboxylic acids is 2. The molecule has 0 saturated carbocycles. The summed E-state index contributed by atoms with van der Waals surface area (Å²) < 4.78 is 4.27. The lowest BCUT2D eigenvalue weighted by Crippen LogP contribution is -1.98. The van der Waals surface area contributed by atoms with Gasteiger partial charge in [0, 0.05) is 16.7 Å². The minimum atomic E-state index is -0.872. The van der Waals surface area contributed by atoms with Crippen molar-refractivity contribution in [2.24, 2.45) is 0 Å². The number of ether oxygens (including phenoxy) is 1. The van der Waals surface area contributed by atoms with Gasteiger partial charge in [-0.2, -0.15) is 0 Å². The van der Waals surface area contributed by atoms with Crippen molar-refractivity contribution in [1.29, 1.82) is 0 Å². The fourth-order valence-electron chi connectivity index (χ4n) is 0.795. The highest BCUT2D eigenvalue weighted by molar-refractivity contribution is 5.86. The highest BCUT2D eigenvalue weighted by Crippen LogP contribution is 2.03. The van der Waals surface area contributed by atoms with E-state index in [1.807, 2.05) is 6.92 Å². The van der Waals surface area contributed by atoms with E-state index in [1.54, 1.807) is 26.8 Å². The average molecular weight is 328 g/mol. The van der Waals surface area contributed by atoms with E-state index >= 15 is 0 Å². The second-order valence-electron chi connectivity index (χ2n) is 4.56. The summed E-state index contributed by atoms with van der Waals surface area (Å²) in [6, 6.07) is 0. The molecule has 0 aliphatic heterocycles. The molecular formula is C17H28O6. The molecule has 2 N–H and O–H groups in total. The summed E-state index contributed by atoms with van der Waals surface area (Å²) in [5.41, 5.74) is 1.14. The Bertz CT molecular complexity index is 446. The van der Waals surface area contributed by atoms with Crippen LogP contribution in [0.2, 0.25) is 0 Å². The van der Waals surface area contributed by atoms with Crippen LogP contribution in [-0.4, -0.2) is 35.2 Å². The molecule has 0 fully saturated rings. The second-order valence-corrected chi connectivity index (χ2v) is 4.56. The maximum atomic E-state index is 10.2. The molecule has 0 heterocycles. The molecule has 0 aliphatic carbocycles. The number of carbonyl (C=O) groups is 3. The van der Waals surface area contributed by atoms with Crippen LogP contribution in [-0.2, 0) is 19.1 Å². The Morgan fingerprint density at radius 1 is 1.09 bits per heavy atom. The number of carbonyl (C=O) groups excluding carboxylic acids is 1. The van der Waals surface area contributed by atoms with Crippen molar-refractivity contribution in [3.8, 4) is 0 Å². The monoisotopic (exact) mass is 328 g/mol. The third-order valence-electron chi connectivity index (χ3n) is 2.44. The average Bonchev–Trinajstić information content (AvgIpc) is 2.51. The van der Waals surface area contributed by atoms with Crippen LogP contribution in [0.4, 0.5) is 0 Å². The number of unbranched alkanes of at least 4 members (excludes halogenated alkanes) is 1. The first-order chi connectivity index (χ1) is 10.5. The molecule has 0 saturated heterocycles. The Labute approximate surface area is 138 Å². The molecule has 6 nitrogen and oxygen atoms in total. The molecule has 0 bridgehead atoms. The van der Waals surface area contributed by atoms with E-state index in [-0.39, 0.29) is 5.97 Å². The van der Waals surface area contributed by atoms with E-state index in [1.165, 1.54) is 7.11 Å². The number of carboxylic acid groups (broad SMARTS) is 2. The Kier molecular flexibility index (Phi) is 17.8. The standard InChI is InChI=1S/C7H12O2.2C5H8O2/c1-3-4-5-6(2)7(8)9;1-4(2)5(6)7-3;1-3-4(2)5(6)7/h2-5H2,1H3,(H,8,9);1H2,2-3H3;3H,1-2H3,(H,6,7). The van der Waals surface area contributed by atoms with E-state index in [0.717, 1.165) is 12.8 Å². The summed E-state index contributed by atoms with van der Waals surface area (Å²) in [5.74, 6) is -2.06.